The molecule has 8 heteroatoms. The molecule has 1 aliphatic carbocycles. The molecule has 260 valence electrons. The van der Waals surface area contributed by atoms with Gasteiger partial charge in [0.05, 0.1) is 25.0 Å². The minimum Gasteiger partial charge on any atom is -0.493 e. The maximum Gasteiger partial charge on any atom is 0.314 e. The lowest BCUT2D eigenvalue weighted by molar-refractivity contribution is -0.145. The van der Waals surface area contributed by atoms with E-state index < -0.39 is 0 Å². The summed E-state index contributed by atoms with van der Waals surface area (Å²) >= 11 is 3.58. The van der Waals surface area contributed by atoms with Gasteiger partial charge < -0.3 is 18.9 Å². The van der Waals surface area contributed by atoms with Gasteiger partial charge in [-0.05, 0) is 96.5 Å². The zero-order valence-electron chi connectivity index (χ0n) is 28.3. The molecule has 50 heavy (non-hydrogen) atoms. The van der Waals surface area contributed by atoms with Crippen LogP contribution in [0.4, 0.5) is 0 Å². The number of hydrogen-bond acceptors (Lipinski definition) is 8. The lowest BCUT2D eigenvalue weighted by atomic mass is 9.82. The van der Waals surface area contributed by atoms with E-state index in [-0.39, 0.29) is 23.8 Å². The van der Waals surface area contributed by atoms with Gasteiger partial charge in [0, 0.05) is 23.0 Å². The second-order valence-electron chi connectivity index (χ2n) is 11.9. The SMILES string of the molecule is C=CCSCCOc1ccc(-c2ccc(OC(=O)C3CCC(C(=O)Oc4ccc(-c5ccc(OCCSCC=C)cc5)cc4)CC3)cc2)cc1. The molecule has 0 bridgehead atoms. The van der Waals surface area contributed by atoms with Gasteiger partial charge in [0.2, 0.25) is 0 Å². The van der Waals surface area contributed by atoms with Crippen molar-refractivity contribution in [2.24, 2.45) is 11.8 Å². The summed E-state index contributed by atoms with van der Waals surface area (Å²) in [5.74, 6) is 5.40. The summed E-state index contributed by atoms with van der Waals surface area (Å²) in [6.45, 7) is 8.77. The Morgan fingerprint density at radius 3 is 1.12 bits per heavy atom. The van der Waals surface area contributed by atoms with Crippen molar-refractivity contribution in [3.63, 3.8) is 0 Å². The van der Waals surface area contributed by atoms with Crippen LogP contribution in [0.25, 0.3) is 22.3 Å². The molecule has 0 N–H and O–H groups in total. The van der Waals surface area contributed by atoms with Crippen LogP contribution in [0.1, 0.15) is 25.7 Å². The number of rotatable bonds is 18. The summed E-state index contributed by atoms with van der Waals surface area (Å²) in [5.41, 5.74) is 4.16. The van der Waals surface area contributed by atoms with E-state index in [0.717, 1.165) is 56.8 Å². The quantitative estimate of drug-likeness (QED) is 0.0438. The summed E-state index contributed by atoms with van der Waals surface area (Å²) in [6.07, 6.45) is 6.14. The highest BCUT2D eigenvalue weighted by molar-refractivity contribution is 7.99. The fraction of sp³-hybridized carbons (Fsp3) is 0.286. The molecule has 1 saturated carbocycles. The third kappa shape index (κ3) is 11.3. The Labute approximate surface area is 304 Å². The summed E-state index contributed by atoms with van der Waals surface area (Å²) in [5, 5.41) is 0. The zero-order valence-corrected chi connectivity index (χ0v) is 29.9. The monoisotopic (exact) mass is 708 g/mol. The highest BCUT2D eigenvalue weighted by Gasteiger charge is 2.32. The number of thioether (sulfide) groups is 2. The van der Waals surface area contributed by atoms with Crippen molar-refractivity contribution in [2.75, 3.05) is 36.2 Å². The van der Waals surface area contributed by atoms with E-state index in [1.54, 1.807) is 23.5 Å². The van der Waals surface area contributed by atoms with Crippen LogP contribution in [-0.2, 0) is 9.59 Å². The van der Waals surface area contributed by atoms with Gasteiger partial charge >= 0.3 is 11.9 Å². The minimum absolute atomic E-state index is 0.242. The van der Waals surface area contributed by atoms with Gasteiger partial charge in [-0.1, -0.05) is 60.7 Å². The molecule has 4 aromatic rings. The molecule has 0 amide bonds. The summed E-state index contributed by atoms with van der Waals surface area (Å²) in [6, 6.07) is 31.0. The van der Waals surface area contributed by atoms with Crippen molar-refractivity contribution in [1.29, 1.82) is 0 Å². The number of carbonyl (C=O) groups excluding carboxylic acids is 2. The van der Waals surface area contributed by atoms with Crippen LogP contribution in [0.5, 0.6) is 23.0 Å². The molecule has 0 radical (unpaired) electrons. The lowest BCUT2D eigenvalue weighted by Gasteiger charge is -2.25. The molecule has 0 unspecified atom stereocenters. The van der Waals surface area contributed by atoms with E-state index >= 15 is 0 Å². The van der Waals surface area contributed by atoms with Crippen LogP contribution in [0, 0.1) is 11.8 Å². The van der Waals surface area contributed by atoms with Crippen molar-refractivity contribution in [3.05, 3.63) is 122 Å². The predicted octanol–water partition coefficient (Wildman–Crippen LogP) is 9.93. The highest BCUT2D eigenvalue weighted by atomic mass is 32.2. The first kappa shape index (κ1) is 36.9. The fourth-order valence-electron chi connectivity index (χ4n) is 5.65. The van der Waals surface area contributed by atoms with E-state index in [9.17, 15) is 9.59 Å². The van der Waals surface area contributed by atoms with Crippen molar-refractivity contribution >= 4 is 35.5 Å². The van der Waals surface area contributed by atoms with Gasteiger partial charge in [-0.2, -0.15) is 23.5 Å². The third-order valence-corrected chi connectivity index (χ3v) is 10.2. The topological polar surface area (TPSA) is 71.1 Å². The first-order valence-electron chi connectivity index (χ1n) is 17.0. The Balaban J connectivity index is 1.02. The largest absolute Gasteiger partial charge is 0.493 e. The van der Waals surface area contributed by atoms with Crippen LogP contribution in [0.2, 0.25) is 0 Å². The smallest absolute Gasteiger partial charge is 0.314 e. The standard InChI is InChI=1S/C42H44O6S2/c1-3-27-49-29-25-45-37-17-9-31(10-18-37)33-13-21-39(22-14-33)47-41(43)35-5-7-36(8-6-35)42(44)48-40-23-15-34(16-24-40)32-11-19-38(20-12-32)46-26-30-50-28-4-2/h3-4,9-24,35-36H,1-2,5-8,25-30H2. The lowest BCUT2D eigenvalue weighted by Crippen LogP contribution is -2.30. The van der Waals surface area contributed by atoms with Gasteiger partial charge in [0.1, 0.15) is 23.0 Å². The molecule has 0 aromatic heterocycles. The summed E-state index contributed by atoms with van der Waals surface area (Å²) in [4.78, 5) is 25.9. The van der Waals surface area contributed by atoms with Crippen LogP contribution in [0.15, 0.2) is 122 Å². The number of benzene rings is 4. The molecule has 6 nitrogen and oxygen atoms in total. The Kier molecular flexibility index (Phi) is 14.5. The first-order valence-corrected chi connectivity index (χ1v) is 19.3. The molecule has 4 aromatic carbocycles. The first-order chi connectivity index (χ1) is 24.5. The Bertz CT molecular complexity index is 1530. The maximum atomic E-state index is 13.0. The molecule has 0 spiro atoms. The molecule has 1 fully saturated rings. The van der Waals surface area contributed by atoms with Crippen LogP contribution in [-0.4, -0.2) is 48.2 Å². The van der Waals surface area contributed by atoms with Crippen molar-refractivity contribution in [1.82, 2.24) is 0 Å². The summed E-state index contributed by atoms with van der Waals surface area (Å²) in [7, 11) is 0. The van der Waals surface area contributed by atoms with Crippen molar-refractivity contribution < 1.29 is 28.5 Å². The van der Waals surface area contributed by atoms with Gasteiger partial charge in [-0.3, -0.25) is 9.59 Å². The third-order valence-electron chi connectivity index (χ3n) is 8.38. The minimum atomic E-state index is -0.255. The van der Waals surface area contributed by atoms with Crippen molar-refractivity contribution in [3.8, 4) is 45.3 Å². The van der Waals surface area contributed by atoms with E-state index in [0.29, 0.717) is 50.4 Å². The summed E-state index contributed by atoms with van der Waals surface area (Å²) < 4.78 is 23.0. The normalized spacial score (nSPS) is 15.4. The molecule has 0 aliphatic heterocycles. The second kappa shape index (κ2) is 19.7. The Morgan fingerprint density at radius 2 is 0.820 bits per heavy atom. The number of esters is 2. The fourth-order valence-corrected chi connectivity index (χ4v) is 6.72. The van der Waals surface area contributed by atoms with Crippen LogP contribution >= 0.6 is 23.5 Å². The average molecular weight is 709 g/mol. The maximum absolute atomic E-state index is 13.0. The van der Waals surface area contributed by atoms with E-state index in [4.69, 9.17) is 18.9 Å². The van der Waals surface area contributed by atoms with Gasteiger partial charge in [0.25, 0.3) is 0 Å². The van der Waals surface area contributed by atoms with E-state index in [2.05, 4.69) is 13.2 Å². The van der Waals surface area contributed by atoms with E-state index in [1.165, 1.54) is 0 Å². The molecular weight excluding hydrogens is 665 g/mol. The second-order valence-corrected chi connectivity index (χ2v) is 14.2. The van der Waals surface area contributed by atoms with Gasteiger partial charge in [-0.25, -0.2) is 0 Å². The molecule has 0 saturated heterocycles. The predicted molar refractivity (Wildman–Crippen MR) is 207 cm³/mol. The number of ether oxygens (including phenoxy) is 4. The number of carbonyl (C=O) groups is 2. The molecular formula is C42H44O6S2. The van der Waals surface area contributed by atoms with Crippen LogP contribution in [0.3, 0.4) is 0 Å². The molecule has 0 heterocycles. The molecule has 1 aliphatic rings. The zero-order chi connectivity index (χ0) is 35.0. The van der Waals surface area contributed by atoms with Crippen molar-refractivity contribution in [2.45, 2.75) is 25.7 Å². The Hall–Kier alpha value is -4.40. The number of hydrogen-bond donors (Lipinski definition) is 0. The molecule has 0 atom stereocenters. The van der Waals surface area contributed by atoms with Gasteiger partial charge in [0.15, 0.2) is 0 Å². The molecule has 5 rings (SSSR count). The highest BCUT2D eigenvalue weighted by Crippen LogP contribution is 2.33. The average Bonchev–Trinajstić information content (AvgIpc) is 3.16. The van der Waals surface area contributed by atoms with E-state index in [1.807, 2.05) is 109 Å². The van der Waals surface area contributed by atoms with Gasteiger partial charge in [-0.15, -0.1) is 13.2 Å². The Morgan fingerprint density at radius 1 is 0.520 bits per heavy atom. The van der Waals surface area contributed by atoms with Crippen LogP contribution < -0.4 is 18.9 Å².